The summed E-state index contributed by atoms with van der Waals surface area (Å²) in [6.45, 7) is 2.11. The van der Waals surface area contributed by atoms with Gasteiger partial charge in [0.05, 0.1) is 5.75 Å². The summed E-state index contributed by atoms with van der Waals surface area (Å²) in [4.78, 5) is 14.1. The Labute approximate surface area is 116 Å². The number of thioether (sulfide) groups is 1. The quantitative estimate of drug-likeness (QED) is 0.346. The molecule has 0 heterocycles. The van der Waals surface area contributed by atoms with Crippen LogP contribution in [0.5, 0.6) is 0 Å². The van der Waals surface area contributed by atoms with Gasteiger partial charge in [-0.15, -0.1) is 11.8 Å². The number of Topliss-reactive ketones (excluding diaryl/α,β-unsaturated/α-hetero) is 1. The molecule has 0 fully saturated rings. The zero-order valence-corrected chi connectivity index (χ0v) is 12.8. The first kappa shape index (κ1) is 14.7. The minimum absolute atomic E-state index is 0.155. The lowest BCUT2D eigenvalue weighted by Crippen LogP contribution is -2.35. The summed E-state index contributed by atoms with van der Waals surface area (Å²) in [5.74, 6) is 0.663. The Morgan fingerprint density at radius 3 is 2.41 bits per heavy atom. The highest BCUT2D eigenvalue weighted by Crippen LogP contribution is 2.37. The van der Waals surface area contributed by atoms with Gasteiger partial charge < -0.3 is 0 Å². The van der Waals surface area contributed by atoms with E-state index < -0.39 is 0 Å². The molecule has 2 nitrogen and oxygen atoms in total. The Kier molecular flexibility index (Phi) is 5.70. The van der Waals surface area contributed by atoms with E-state index in [9.17, 15) is 4.79 Å². The molecule has 0 radical (unpaired) electrons. The Morgan fingerprint density at radius 2 is 1.94 bits per heavy atom. The molecule has 0 amide bonds. The first-order valence-electron chi connectivity index (χ1n) is 5.58. The first-order chi connectivity index (χ1) is 7.99. The van der Waals surface area contributed by atoms with Crippen LogP contribution in [0.25, 0.3) is 0 Å². The van der Waals surface area contributed by atoms with Crippen LogP contribution in [0.15, 0.2) is 30.3 Å². The molecule has 17 heavy (non-hydrogen) atoms. The molecule has 94 valence electrons. The smallest absolute Gasteiger partial charge is 0.172 e. The Bertz CT molecular complexity index is 369. The second-order valence-corrected chi connectivity index (χ2v) is 7.10. The van der Waals surface area contributed by atoms with Crippen LogP contribution in [0, 0.1) is 0 Å². The summed E-state index contributed by atoms with van der Waals surface area (Å²) in [5, 5.41) is 0. The third-order valence-corrected chi connectivity index (χ3v) is 6.08. The maximum atomic E-state index is 12.0. The zero-order valence-electron chi connectivity index (χ0n) is 10.4. The lowest BCUT2D eigenvalue weighted by atomic mass is 10.2. The molecule has 1 atom stereocenters. The van der Waals surface area contributed by atoms with E-state index in [0.717, 1.165) is 12.0 Å². The lowest BCUT2D eigenvalue weighted by molar-refractivity contribution is 0.102. The molecule has 0 aliphatic carbocycles. The number of rotatable bonds is 6. The van der Waals surface area contributed by atoms with Crippen molar-refractivity contribution in [3.8, 4) is 0 Å². The zero-order chi connectivity index (χ0) is 12.9. The molecule has 1 rings (SSSR count). The normalized spacial score (nSPS) is 14.6. The fraction of sp³-hybridized carbons (Fsp3) is 0.462. The highest BCUT2D eigenvalue weighted by Gasteiger charge is 2.28. The van der Waals surface area contributed by atoms with Gasteiger partial charge in [0.15, 0.2) is 5.78 Å². The Balaban J connectivity index is 2.59. The van der Waals surface area contributed by atoms with Crippen molar-refractivity contribution >= 4 is 33.5 Å². The largest absolute Gasteiger partial charge is 0.293 e. The predicted octanol–water partition coefficient (Wildman–Crippen LogP) is 3.62. The number of alkyl halides is 1. The van der Waals surface area contributed by atoms with Gasteiger partial charge in [0.25, 0.3) is 0 Å². The average Bonchev–Trinajstić information content (AvgIpc) is 2.36. The second-order valence-electron chi connectivity index (χ2n) is 4.01. The van der Waals surface area contributed by atoms with E-state index in [1.54, 1.807) is 11.8 Å². The molecule has 0 aromatic heterocycles. The highest BCUT2D eigenvalue weighted by molar-refractivity contribution is 9.11. The van der Waals surface area contributed by atoms with Crippen molar-refractivity contribution in [2.45, 2.75) is 17.1 Å². The van der Waals surface area contributed by atoms with E-state index in [-0.39, 0.29) is 9.56 Å². The van der Waals surface area contributed by atoms with E-state index in [1.165, 1.54) is 0 Å². The van der Waals surface area contributed by atoms with Gasteiger partial charge in [0, 0.05) is 5.56 Å². The number of carbonyl (C=O) groups is 1. The third-order valence-electron chi connectivity index (χ3n) is 2.62. The maximum Gasteiger partial charge on any atom is 0.172 e. The van der Waals surface area contributed by atoms with Gasteiger partial charge in [-0.3, -0.25) is 9.69 Å². The van der Waals surface area contributed by atoms with Crippen LogP contribution in [0.2, 0.25) is 0 Å². The average molecular weight is 316 g/mol. The van der Waals surface area contributed by atoms with Gasteiger partial charge in [-0.05, 0) is 20.5 Å². The molecule has 4 heteroatoms. The number of hydrogen-bond donors (Lipinski definition) is 0. The van der Waals surface area contributed by atoms with Crippen LogP contribution in [0.1, 0.15) is 23.7 Å². The van der Waals surface area contributed by atoms with Crippen LogP contribution in [0.3, 0.4) is 0 Å². The summed E-state index contributed by atoms with van der Waals surface area (Å²) in [6, 6.07) is 9.43. The van der Waals surface area contributed by atoms with Gasteiger partial charge in [-0.1, -0.05) is 53.2 Å². The van der Waals surface area contributed by atoms with Gasteiger partial charge in [-0.25, -0.2) is 0 Å². The molecule has 1 aromatic rings. The standard InChI is InChI=1S/C13H18BrNOS/c1-4-13(14,15(2)3)17-10-12(16)11-8-6-5-7-9-11/h5-9H,4,10H2,1-3H3. The number of benzene rings is 1. The van der Waals surface area contributed by atoms with E-state index in [1.807, 2.05) is 44.4 Å². The van der Waals surface area contributed by atoms with Gasteiger partial charge >= 0.3 is 0 Å². The summed E-state index contributed by atoms with van der Waals surface area (Å²) in [6.07, 6.45) is 0.937. The minimum atomic E-state index is -0.155. The van der Waals surface area contributed by atoms with Gasteiger partial charge in [-0.2, -0.15) is 0 Å². The first-order valence-corrected chi connectivity index (χ1v) is 7.36. The summed E-state index contributed by atoms with van der Waals surface area (Å²) in [7, 11) is 4.02. The molecule has 1 unspecified atom stereocenters. The van der Waals surface area contributed by atoms with Crippen molar-refractivity contribution in [2.24, 2.45) is 0 Å². The SMILES string of the molecule is CCC(Br)(SCC(=O)c1ccccc1)N(C)C. The molecule has 0 aliphatic rings. The molecule has 0 bridgehead atoms. The number of halogens is 1. The van der Waals surface area contributed by atoms with E-state index in [0.29, 0.717) is 5.75 Å². The molecular weight excluding hydrogens is 298 g/mol. The van der Waals surface area contributed by atoms with Gasteiger partial charge in [0.2, 0.25) is 0 Å². The van der Waals surface area contributed by atoms with Crippen LogP contribution in [0.4, 0.5) is 0 Å². The fourth-order valence-electron chi connectivity index (χ4n) is 1.43. The van der Waals surface area contributed by atoms with E-state index in [2.05, 4.69) is 27.8 Å². The molecule has 0 saturated heterocycles. The van der Waals surface area contributed by atoms with Gasteiger partial charge in [0.1, 0.15) is 3.78 Å². The van der Waals surface area contributed by atoms with E-state index >= 15 is 0 Å². The number of carbonyl (C=O) groups excluding carboxylic acids is 1. The third kappa shape index (κ3) is 4.12. The van der Waals surface area contributed by atoms with Crippen molar-refractivity contribution in [3.63, 3.8) is 0 Å². The number of nitrogens with zero attached hydrogens (tertiary/aromatic N) is 1. The summed E-state index contributed by atoms with van der Waals surface area (Å²) in [5.41, 5.74) is 0.782. The maximum absolute atomic E-state index is 12.0. The molecule has 0 saturated carbocycles. The highest BCUT2D eigenvalue weighted by atomic mass is 79.9. The van der Waals surface area contributed by atoms with Crippen molar-refractivity contribution in [1.82, 2.24) is 4.90 Å². The second kappa shape index (κ2) is 6.57. The summed E-state index contributed by atoms with van der Waals surface area (Å²) >= 11 is 5.31. The Morgan fingerprint density at radius 1 is 1.35 bits per heavy atom. The topological polar surface area (TPSA) is 20.3 Å². The number of hydrogen-bond acceptors (Lipinski definition) is 3. The Hall–Kier alpha value is -0.320. The van der Waals surface area contributed by atoms with Crippen LogP contribution < -0.4 is 0 Å². The van der Waals surface area contributed by atoms with Crippen molar-refractivity contribution < 1.29 is 4.79 Å². The van der Waals surface area contributed by atoms with Crippen molar-refractivity contribution in [2.75, 3.05) is 19.8 Å². The van der Waals surface area contributed by atoms with Crippen LogP contribution in [-0.4, -0.2) is 34.3 Å². The molecule has 1 aromatic carbocycles. The van der Waals surface area contributed by atoms with E-state index in [4.69, 9.17) is 0 Å². The monoisotopic (exact) mass is 315 g/mol. The molecule has 0 spiro atoms. The lowest BCUT2D eigenvalue weighted by Gasteiger charge is -2.32. The van der Waals surface area contributed by atoms with Crippen molar-refractivity contribution in [1.29, 1.82) is 0 Å². The van der Waals surface area contributed by atoms with Crippen LogP contribution >= 0.6 is 27.7 Å². The number of ketones is 1. The summed E-state index contributed by atoms with van der Waals surface area (Å²) < 4.78 is -0.155. The van der Waals surface area contributed by atoms with Crippen LogP contribution in [-0.2, 0) is 0 Å². The van der Waals surface area contributed by atoms with Crippen molar-refractivity contribution in [3.05, 3.63) is 35.9 Å². The predicted molar refractivity (Wildman–Crippen MR) is 78.9 cm³/mol. The fourth-order valence-corrected chi connectivity index (χ4v) is 2.76. The molecule has 0 aliphatic heterocycles. The minimum Gasteiger partial charge on any atom is -0.293 e. The molecular formula is C13H18BrNOS. The molecule has 0 N–H and O–H groups in total.